The van der Waals surface area contributed by atoms with E-state index in [2.05, 4.69) is 10.4 Å². The molecule has 0 aliphatic heterocycles. The normalized spacial score (nSPS) is 12.1. The molecule has 124 valence electrons. The second-order valence-corrected chi connectivity index (χ2v) is 6.36. The van der Waals surface area contributed by atoms with Gasteiger partial charge in [0.25, 0.3) is 5.91 Å². The summed E-state index contributed by atoms with van der Waals surface area (Å²) in [7, 11) is 0. The molecule has 0 fully saturated rings. The van der Waals surface area contributed by atoms with E-state index in [9.17, 15) is 9.90 Å². The first-order valence-electron chi connectivity index (χ1n) is 7.68. The molecule has 0 aliphatic carbocycles. The van der Waals surface area contributed by atoms with E-state index in [-0.39, 0.29) is 12.5 Å². The Bertz CT molecular complexity index is 826. The standard InChI is InChI=1S/C18H19N3O2S/c1-12-17(13(2)21(20-12)15-6-4-3-5-7-15)18(23)19-10-16(22)14-8-9-24-11-14/h3-9,11,16,22H,10H2,1-2H3,(H,19,23). The lowest BCUT2D eigenvalue weighted by Gasteiger charge is -2.11. The van der Waals surface area contributed by atoms with Gasteiger partial charge in [-0.1, -0.05) is 18.2 Å². The summed E-state index contributed by atoms with van der Waals surface area (Å²) in [6.07, 6.45) is -0.704. The fourth-order valence-corrected chi connectivity index (χ4v) is 3.36. The van der Waals surface area contributed by atoms with E-state index in [1.54, 1.807) is 4.68 Å². The Hall–Kier alpha value is -2.44. The van der Waals surface area contributed by atoms with Gasteiger partial charge in [0.15, 0.2) is 0 Å². The van der Waals surface area contributed by atoms with Crippen LogP contribution in [0.4, 0.5) is 0 Å². The Labute approximate surface area is 144 Å². The molecule has 0 saturated carbocycles. The van der Waals surface area contributed by atoms with Crippen molar-refractivity contribution in [2.75, 3.05) is 6.54 Å². The molecule has 0 aliphatic rings. The van der Waals surface area contributed by atoms with Crippen LogP contribution in [0.2, 0.25) is 0 Å². The van der Waals surface area contributed by atoms with Gasteiger partial charge in [0.05, 0.1) is 28.7 Å². The number of hydrogen-bond acceptors (Lipinski definition) is 4. The second-order valence-electron chi connectivity index (χ2n) is 5.58. The lowest BCUT2D eigenvalue weighted by Crippen LogP contribution is -2.29. The summed E-state index contributed by atoms with van der Waals surface area (Å²) < 4.78 is 1.76. The van der Waals surface area contributed by atoms with Gasteiger partial charge in [0.1, 0.15) is 0 Å². The summed E-state index contributed by atoms with van der Waals surface area (Å²) in [5.41, 5.74) is 3.72. The topological polar surface area (TPSA) is 67.2 Å². The van der Waals surface area contributed by atoms with Gasteiger partial charge >= 0.3 is 0 Å². The minimum absolute atomic E-state index is 0.172. The van der Waals surface area contributed by atoms with Crippen molar-refractivity contribution in [1.82, 2.24) is 15.1 Å². The average molecular weight is 341 g/mol. The summed E-state index contributed by atoms with van der Waals surface area (Å²) in [6, 6.07) is 11.6. The quantitative estimate of drug-likeness (QED) is 0.750. The molecule has 0 spiro atoms. The minimum Gasteiger partial charge on any atom is -0.387 e. The number of aliphatic hydroxyl groups excluding tert-OH is 1. The average Bonchev–Trinajstić information content (AvgIpc) is 3.22. The molecule has 0 radical (unpaired) electrons. The van der Waals surface area contributed by atoms with Gasteiger partial charge in [-0.2, -0.15) is 16.4 Å². The van der Waals surface area contributed by atoms with Crippen molar-refractivity contribution in [1.29, 1.82) is 0 Å². The van der Waals surface area contributed by atoms with Crippen LogP contribution in [-0.2, 0) is 0 Å². The van der Waals surface area contributed by atoms with E-state index in [0.29, 0.717) is 11.3 Å². The van der Waals surface area contributed by atoms with E-state index < -0.39 is 6.10 Å². The van der Waals surface area contributed by atoms with E-state index >= 15 is 0 Å². The number of para-hydroxylation sites is 1. The number of nitrogens with zero attached hydrogens (tertiary/aromatic N) is 2. The van der Waals surface area contributed by atoms with Gasteiger partial charge in [0.2, 0.25) is 0 Å². The van der Waals surface area contributed by atoms with E-state index in [0.717, 1.165) is 16.9 Å². The van der Waals surface area contributed by atoms with E-state index in [1.807, 2.05) is 61.0 Å². The number of aryl methyl sites for hydroxylation is 1. The fraction of sp³-hybridized carbons (Fsp3) is 0.222. The molecule has 2 aromatic heterocycles. The Balaban J connectivity index is 1.77. The van der Waals surface area contributed by atoms with Crippen LogP contribution in [0.25, 0.3) is 5.69 Å². The first-order chi connectivity index (χ1) is 11.6. The van der Waals surface area contributed by atoms with Gasteiger partial charge in [-0.15, -0.1) is 0 Å². The molecule has 1 amide bonds. The number of carbonyl (C=O) groups is 1. The summed E-state index contributed by atoms with van der Waals surface area (Å²) in [5, 5.41) is 21.1. The summed E-state index contributed by atoms with van der Waals surface area (Å²) in [4.78, 5) is 12.5. The van der Waals surface area contributed by atoms with Gasteiger partial charge in [-0.25, -0.2) is 4.68 Å². The highest BCUT2D eigenvalue weighted by Crippen LogP contribution is 2.19. The highest BCUT2D eigenvalue weighted by molar-refractivity contribution is 7.07. The third-order valence-electron chi connectivity index (χ3n) is 3.90. The van der Waals surface area contributed by atoms with Gasteiger partial charge in [-0.05, 0) is 48.4 Å². The second kappa shape index (κ2) is 6.98. The number of nitrogens with one attached hydrogen (secondary N) is 1. The van der Waals surface area contributed by atoms with Crippen LogP contribution in [0.1, 0.15) is 33.4 Å². The summed E-state index contributed by atoms with van der Waals surface area (Å²) in [6.45, 7) is 3.86. The highest BCUT2D eigenvalue weighted by Gasteiger charge is 2.20. The van der Waals surface area contributed by atoms with Crippen molar-refractivity contribution in [3.63, 3.8) is 0 Å². The minimum atomic E-state index is -0.704. The van der Waals surface area contributed by atoms with Gasteiger partial charge in [-0.3, -0.25) is 4.79 Å². The molecule has 3 aromatic rings. The number of thiophene rings is 1. The van der Waals surface area contributed by atoms with Crippen LogP contribution in [0.15, 0.2) is 47.2 Å². The van der Waals surface area contributed by atoms with E-state index in [1.165, 1.54) is 11.3 Å². The van der Waals surface area contributed by atoms with Crippen molar-refractivity contribution in [3.8, 4) is 5.69 Å². The van der Waals surface area contributed by atoms with Crippen LogP contribution >= 0.6 is 11.3 Å². The predicted octanol–water partition coefficient (Wildman–Crippen LogP) is 3.01. The zero-order chi connectivity index (χ0) is 17.1. The maximum atomic E-state index is 12.5. The molecule has 24 heavy (non-hydrogen) atoms. The number of carbonyl (C=O) groups excluding carboxylic acids is 1. The van der Waals surface area contributed by atoms with Crippen LogP contribution in [0.3, 0.4) is 0 Å². The molecule has 3 rings (SSSR count). The Morgan fingerprint density at radius 2 is 2.04 bits per heavy atom. The zero-order valence-electron chi connectivity index (χ0n) is 13.6. The van der Waals surface area contributed by atoms with Crippen molar-refractivity contribution in [2.45, 2.75) is 20.0 Å². The van der Waals surface area contributed by atoms with Crippen LogP contribution < -0.4 is 5.32 Å². The monoisotopic (exact) mass is 341 g/mol. The third-order valence-corrected chi connectivity index (χ3v) is 4.60. The largest absolute Gasteiger partial charge is 0.387 e. The number of aromatic nitrogens is 2. The van der Waals surface area contributed by atoms with Crippen molar-refractivity contribution < 1.29 is 9.90 Å². The molecule has 1 aromatic carbocycles. The molecular weight excluding hydrogens is 322 g/mol. The fourth-order valence-electron chi connectivity index (χ4n) is 2.65. The zero-order valence-corrected chi connectivity index (χ0v) is 14.4. The van der Waals surface area contributed by atoms with Crippen LogP contribution in [0, 0.1) is 13.8 Å². The number of rotatable bonds is 5. The van der Waals surface area contributed by atoms with Gasteiger partial charge in [0, 0.05) is 6.54 Å². The molecule has 0 bridgehead atoms. The lowest BCUT2D eigenvalue weighted by molar-refractivity contribution is 0.0915. The highest BCUT2D eigenvalue weighted by atomic mass is 32.1. The first kappa shape index (κ1) is 16.4. The SMILES string of the molecule is Cc1nn(-c2ccccc2)c(C)c1C(=O)NCC(O)c1ccsc1. The van der Waals surface area contributed by atoms with Crippen molar-refractivity contribution >= 4 is 17.2 Å². The number of amides is 1. The maximum absolute atomic E-state index is 12.5. The number of hydrogen-bond donors (Lipinski definition) is 2. The number of aliphatic hydroxyl groups is 1. The summed E-state index contributed by atoms with van der Waals surface area (Å²) in [5.74, 6) is -0.221. The van der Waals surface area contributed by atoms with Gasteiger partial charge < -0.3 is 10.4 Å². The predicted molar refractivity (Wildman–Crippen MR) is 94.7 cm³/mol. The molecule has 5 nitrogen and oxygen atoms in total. The summed E-state index contributed by atoms with van der Waals surface area (Å²) >= 11 is 1.52. The molecule has 2 N–H and O–H groups in total. The smallest absolute Gasteiger partial charge is 0.255 e. The molecule has 6 heteroatoms. The van der Waals surface area contributed by atoms with E-state index in [4.69, 9.17) is 0 Å². The van der Waals surface area contributed by atoms with Crippen molar-refractivity contribution in [3.05, 3.63) is 69.7 Å². The lowest BCUT2D eigenvalue weighted by atomic mass is 10.1. The molecule has 1 atom stereocenters. The Morgan fingerprint density at radius 1 is 1.29 bits per heavy atom. The van der Waals surface area contributed by atoms with Crippen molar-refractivity contribution in [2.24, 2.45) is 0 Å². The molecule has 1 unspecified atom stereocenters. The third kappa shape index (κ3) is 3.25. The Morgan fingerprint density at radius 3 is 2.71 bits per heavy atom. The molecule has 2 heterocycles. The Kier molecular flexibility index (Phi) is 4.78. The maximum Gasteiger partial charge on any atom is 0.255 e. The molecular formula is C18H19N3O2S. The van der Waals surface area contributed by atoms with Crippen LogP contribution in [0.5, 0.6) is 0 Å². The number of benzene rings is 1. The van der Waals surface area contributed by atoms with Crippen LogP contribution in [-0.4, -0.2) is 27.3 Å². The molecule has 0 saturated heterocycles. The first-order valence-corrected chi connectivity index (χ1v) is 8.62.